The summed E-state index contributed by atoms with van der Waals surface area (Å²) in [6, 6.07) is 8.48. The fourth-order valence-corrected chi connectivity index (χ4v) is 4.22. The Bertz CT molecular complexity index is 775. The summed E-state index contributed by atoms with van der Waals surface area (Å²) < 4.78 is 2.22. The summed E-state index contributed by atoms with van der Waals surface area (Å²) in [6.45, 7) is 9.45. The van der Waals surface area contributed by atoms with Crippen molar-refractivity contribution < 1.29 is 0 Å². The van der Waals surface area contributed by atoms with E-state index in [1.807, 2.05) is 37.8 Å². The zero-order valence-corrected chi connectivity index (χ0v) is 20.2. The van der Waals surface area contributed by atoms with E-state index in [1.165, 1.54) is 0 Å². The Labute approximate surface area is 190 Å². The molecule has 2 unspecified atom stereocenters. The lowest BCUT2D eigenvalue weighted by atomic mass is 9.84. The molecular weight excluding hydrogens is 485 g/mol. The highest BCUT2D eigenvalue weighted by Gasteiger charge is 2.30. The van der Waals surface area contributed by atoms with Crippen LogP contribution < -0.4 is 5.32 Å². The lowest BCUT2D eigenvalue weighted by Crippen LogP contribution is -2.51. The number of benzene rings is 1. The van der Waals surface area contributed by atoms with Crippen molar-refractivity contribution in [1.82, 2.24) is 19.8 Å². The number of guanidine groups is 1. The summed E-state index contributed by atoms with van der Waals surface area (Å²) in [5.74, 6) is 1.57. The van der Waals surface area contributed by atoms with Gasteiger partial charge in [-0.2, -0.15) is 0 Å². The molecule has 28 heavy (non-hydrogen) atoms. The number of likely N-dealkylation sites (tertiary alicyclic amines) is 1. The Morgan fingerprint density at radius 3 is 2.75 bits per heavy atom. The summed E-state index contributed by atoms with van der Waals surface area (Å²) in [5.41, 5.74) is 1.05. The first-order chi connectivity index (χ1) is 12.9. The van der Waals surface area contributed by atoms with Crippen LogP contribution in [-0.4, -0.2) is 47.1 Å². The lowest BCUT2D eigenvalue weighted by molar-refractivity contribution is 0.188. The maximum absolute atomic E-state index is 6.42. The van der Waals surface area contributed by atoms with E-state index < -0.39 is 0 Å². The van der Waals surface area contributed by atoms with Crippen LogP contribution in [0.4, 0.5) is 0 Å². The highest BCUT2D eigenvalue weighted by Crippen LogP contribution is 2.30. The Hall–Kier alpha value is -1.28. The molecular formula is C21H31ClIN5. The molecule has 0 bridgehead atoms. The van der Waals surface area contributed by atoms with Crippen molar-refractivity contribution in [2.75, 3.05) is 26.7 Å². The molecule has 0 saturated carbocycles. The third-order valence-electron chi connectivity index (χ3n) is 5.63. The number of imidazole rings is 1. The number of aliphatic imine (C=N–C) groups is 1. The monoisotopic (exact) mass is 515 g/mol. The van der Waals surface area contributed by atoms with Crippen molar-refractivity contribution in [2.24, 2.45) is 10.9 Å². The summed E-state index contributed by atoms with van der Waals surface area (Å²) >= 11 is 6.42. The Morgan fingerprint density at radius 2 is 2.11 bits per heavy atom. The van der Waals surface area contributed by atoms with E-state index in [0.29, 0.717) is 12.0 Å². The molecule has 1 N–H and O–H groups in total. The molecule has 1 saturated heterocycles. The first-order valence-electron chi connectivity index (χ1n) is 9.60. The van der Waals surface area contributed by atoms with Gasteiger partial charge in [0.1, 0.15) is 0 Å². The van der Waals surface area contributed by atoms with Crippen LogP contribution in [0, 0.1) is 5.92 Å². The molecule has 0 amide bonds. The number of nitrogens with one attached hydrogen (secondary N) is 1. The van der Waals surface area contributed by atoms with Crippen LogP contribution in [0.3, 0.4) is 0 Å². The molecule has 1 aromatic carbocycles. The average molecular weight is 516 g/mol. The van der Waals surface area contributed by atoms with E-state index in [-0.39, 0.29) is 29.4 Å². The molecule has 2 heterocycles. The highest BCUT2D eigenvalue weighted by atomic mass is 127. The van der Waals surface area contributed by atoms with E-state index in [4.69, 9.17) is 11.6 Å². The van der Waals surface area contributed by atoms with Gasteiger partial charge in [-0.05, 0) is 24.0 Å². The number of rotatable bonds is 4. The van der Waals surface area contributed by atoms with E-state index in [9.17, 15) is 0 Å². The van der Waals surface area contributed by atoms with Crippen molar-refractivity contribution >= 4 is 41.5 Å². The van der Waals surface area contributed by atoms with Crippen LogP contribution in [-0.2, 0) is 5.41 Å². The SMILES string of the molecule is CN=C(NCC(C)(C)c1ccccc1Cl)N1CCC(C)C(n2ccnc2)C1.I. The van der Waals surface area contributed by atoms with Gasteiger partial charge in [0.05, 0.1) is 12.4 Å². The van der Waals surface area contributed by atoms with E-state index in [2.05, 4.69) is 57.8 Å². The van der Waals surface area contributed by atoms with Gasteiger partial charge in [-0.15, -0.1) is 24.0 Å². The largest absolute Gasteiger partial charge is 0.355 e. The lowest BCUT2D eigenvalue weighted by Gasteiger charge is -2.40. The molecule has 1 aliphatic heterocycles. The number of halogens is 2. The van der Waals surface area contributed by atoms with Crippen molar-refractivity contribution in [3.05, 3.63) is 53.6 Å². The number of hydrogen-bond acceptors (Lipinski definition) is 2. The van der Waals surface area contributed by atoms with Gasteiger partial charge in [-0.25, -0.2) is 4.98 Å². The van der Waals surface area contributed by atoms with Crippen LogP contribution in [0.1, 0.15) is 38.8 Å². The molecule has 154 valence electrons. The van der Waals surface area contributed by atoms with Gasteiger partial charge in [-0.3, -0.25) is 4.99 Å². The van der Waals surface area contributed by atoms with Crippen LogP contribution in [0.15, 0.2) is 48.0 Å². The quantitative estimate of drug-likeness (QED) is 0.368. The van der Waals surface area contributed by atoms with Crippen LogP contribution in [0.5, 0.6) is 0 Å². The van der Waals surface area contributed by atoms with Gasteiger partial charge in [0.2, 0.25) is 0 Å². The molecule has 2 aromatic rings. The minimum Gasteiger partial charge on any atom is -0.355 e. The van der Waals surface area contributed by atoms with Crippen molar-refractivity contribution in [3.63, 3.8) is 0 Å². The normalized spacial score (nSPS) is 20.6. The molecule has 1 aromatic heterocycles. The average Bonchev–Trinajstić information content (AvgIpc) is 3.18. The Balaban J connectivity index is 0.00000280. The van der Waals surface area contributed by atoms with E-state index in [1.54, 1.807) is 0 Å². The molecule has 1 fully saturated rings. The minimum atomic E-state index is -0.0961. The number of piperidine rings is 1. The summed E-state index contributed by atoms with van der Waals surface area (Å²) in [5, 5.41) is 4.39. The number of aromatic nitrogens is 2. The second-order valence-electron chi connectivity index (χ2n) is 8.05. The fourth-order valence-electron chi connectivity index (χ4n) is 3.83. The molecule has 1 aliphatic rings. The molecule has 2 atom stereocenters. The van der Waals surface area contributed by atoms with Crippen molar-refractivity contribution in [1.29, 1.82) is 0 Å². The van der Waals surface area contributed by atoms with E-state index >= 15 is 0 Å². The first-order valence-corrected chi connectivity index (χ1v) is 9.98. The Morgan fingerprint density at radius 1 is 1.36 bits per heavy atom. The number of nitrogens with zero attached hydrogens (tertiary/aromatic N) is 4. The summed E-state index contributed by atoms with van der Waals surface area (Å²) in [6.07, 6.45) is 6.96. The zero-order valence-electron chi connectivity index (χ0n) is 17.1. The second kappa shape index (κ2) is 9.96. The predicted octanol–water partition coefficient (Wildman–Crippen LogP) is 4.59. The van der Waals surface area contributed by atoms with Gasteiger partial charge < -0.3 is 14.8 Å². The standard InChI is InChI=1S/C21H30ClN5.HI/c1-16-9-11-26(13-19(16)27-12-10-24-15-27)20(23-4)25-14-21(2,3)17-7-5-6-8-18(17)22;/h5-8,10,12,15-16,19H,9,11,13-14H2,1-4H3,(H,23,25);1H. The summed E-state index contributed by atoms with van der Waals surface area (Å²) in [7, 11) is 1.86. The van der Waals surface area contributed by atoms with Gasteiger partial charge in [0.25, 0.3) is 0 Å². The van der Waals surface area contributed by atoms with Crippen LogP contribution >= 0.6 is 35.6 Å². The maximum Gasteiger partial charge on any atom is 0.193 e. The highest BCUT2D eigenvalue weighted by molar-refractivity contribution is 14.0. The fraction of sp³-hybridized carbons (Fsp3) is 0.524. The first kappa shape index (κ1) is 23.0. The van der Waals surface area contributed by atoms with Gasteiger partial charge in [0, 0.05) is 49.5 Å². The van der Waals surface area contributed by atoms with Crippen molar-refractivity contribution in [3.8, 4) is 0 Å². The molecule has 7 heteroatoms. The molecule has 5 nitrogen and oxygen atoms in total. The molecule has 0 spiro atoms. The smallest absolute Gasteiger partial charge is 0.193 e. The number of hydrogen-bond donors (Lipinski definition) is 1. The predicted molar refractivity (Wildman–Crippen MR) is 128 cm³/mol. The molecule has 0 aliphatic carbocycles. The maximum atomic E-state index is 6.42. The third-order valence-corrected chi connectivity index (χ3v) is 5.96. The van der Waals surface area contributed by atoms with Gasteiger partial charge in [0.15, 0.2) is 5.96 Å². The van der Waals surface area contributed by atoms with Crippen LogP contribution in [0.2, 0.25) is 5.02 Å². The topological polar surface area (TPSA) is 45.5 Å². The van der Waals surface area contributed by atoms with Gasteiger partial charge in [-0.1, -0.05) is 50.6 Å². The Kier molecular flexibility index (Phi) is 8.18. The zero-order chi connectivity index (χ0) is 19.4. The second-order valence-corrected chi connectivity index (χ2v) is 8.46. The summed E-state index contributed by atoms with van der Waals surface area (Å²) in [4.78, 5) is 11.1. The van der Waals surface area contributed by atoms with Crippen LogP contribution in [0.25, 0.3) is 0 Å². The third kappa shape index (κ3) is 5.20. The van der Waals surface area contributed by atoms with Crippen molar-refractivity contribution in [2.45, 2.75) is 38.6 Å². The minimum absolute atomic E-state index is 0. The molecule has 3 rings (SSSR count). The van der Waals surface area contributed by atoms with Gasteiger partial charge >= 0.3 is 0 Å². The molecule has 0 radical (unpaired) electrons. The van der Waals surface area contributed by atoms with E-state index in [0.717, 1.165) is 42.6 Å².